The molecule has 1 aliphatic heterocycles. The number of hydrogen-bond donors (Lipinski definition) is 2. The Hall–Kier alpha value is -2.46. The molecule has 0 radical (unpaired) electrons. The predicted molar refractivity (Wildman–Crippen MR) is 83.8 cm³/mol. The number of anilines is 1. The standard InChI is InChI=1S/C18H17NO3/c1-11-8-12(2)16-14(9-11)18(22,17(21)19-16)10-15(20)13-6-4-3-5-7-13/h3-9,22H,10H2,1-2H3,(H,19,21)/t18-/m0/s1. The minimum atomic E-state index is -1.81. The van der Waals surface area contributed by atoms with Crippen LogP contribution in [0.3, 0.4) is 0 Å². The molecule has 0 bridgehead atoms. The van der Waals surface area contributed by atoms with Gasteiger partial charge < -0.3 is 10.4 Å². The molecule has 0 fully saturated rings. The molecule has 1 aliphatic rings. The van der Waals surface area contributed by atoms with Gasteiger partial charge in [0.05, 0.1) is 12.1 Å². The highest BCUT2D eigenvalue weighted by Gasteiger charge is 2.47. The van der Waals surface area contributed by atoms with Gasteiger partial charge in [-0.2, -0.15) is 0 Å². The maximum Gasteiger partial charge on any atom is 0.261 e. The van der Waals surface area contributed by atoms with E-state index in [1.807, 2.05) is 26.0 Å². The minimum absolute atomic E-state index is 0.259. The van der Waals surface area contributed by atoms with Crippen LogP contribution in [0.15, 0.2) is 42.5 Å². The summed E-state index contributed by atoms with van der Waals surface area (Å²) in [6.45, 7) is 3.77. The predicted octanol–water partition coefficient (Wildman–Crippen LogP) is 2.72. The SMILES string of the molecule is Cc1cc(C)c2c(c1)[C@@](O)(CC(=O)c1ccccc1)C(=O)N2. The van der Waals surface area contributed by atoms with E-state index in [1.165, 1.54) is 0 Å². The first-order chi connectivity index (χ1) is 10.4. The molecule has 0 unspecified atom stereocenters. The van der Waals surface area contributed by atoms with E-state index in [9.17, 15) is 14.7 Å². The number of rotatable bonds is 3. The summed E-state index contributed by atoms with van der Waals surface area (Å²) in [5.74, 6) is -0.800. The third-order valence-corrected chi connectivity index (χ3v) is 4.05. The number of carbonyl (C=O) groups excluding carboxylic acids is 2. The van der Waals surface area contributed by atoms with Crippen molar-refractivity contribution in [2.75, 3.05) is 5.32 Å². The number of fused-ring (bicyclic) bond motifs is 1. The van der Waals surface area contributed by atoms with Crippen molar-refractivity contribution < 1.29 is 14.7 Å². The smallest absolute Gasteiger partial charge is 0.261 e. The van der Waals surface area contributed by atoms with E-state index < -0.39 is 11.5 Å². The van der Waals surface area contributed by atoms with Crippen LogP contribution < -0.4 is 5.32 Å². The van der Waals surface area contributed by atoms with Gasteiger partial charge in [-0.25, -0.2) is 0 Å². The fraction of sp³-hybridized carbons (Fsp3) is 0.222. The monoisotopic (exact) mass is 295 g/mol. The van der Waals surface area contributed by atoms with Crippen LogP contribution in [0, 0.1) is 13.8 Å². The number of carbonyl (C=O) groups is 2. The van der Waals surface area contributed by atoms with E-state index in [-0.39, 0.29) is 12.2 Å². The Morgan fingerprint density at radius 1 is 1.18 bits per heavy atom. The highest BCUT2D eigenvalue weighted by molar-refractivity contribution is 6.09. The van der Waals surface area contributed by atoms with Crippen molar-refractivity contribution in [3.05, 3.63) is 64.7 Å². The Balaban J connectivity index is 2.01. The average molecular weight is 295 g/mol. The summed E-state index contributed by atoms with van der Waals surface area (Å²) in [6.07, 6.45) is -0.265. The molecule has 2 aromatic rings. The molecule has 3 rings (SSSR count). The quantitative estimate of drug-likeness (QED) is 0.856. The molecule has 4 heteroatoms. The van der Waals surface area contributed by atoms with E-state index in [0.717, 1.165) is 11.1 Å². The van der Waals surface area contributed by atoms with Gasteiger partial charge >= 0.3 is 0 Å². The molecule has 1 heterocycles. The number of aliphatic hydroxyl groups is 1. The van der Waals surface area contributed by atoms with Crippen LogP contribution in [0.2, 0.25) is 0 Å². The number of benzene rings is 2. The second kappa shape index (κ2) is 5.07. The Kier molecular flexibility index (Phi) is 3.34. The summed E-state index contributed by atoms with van der Waals surface area (Å²) < 4.78 is 0. The van der Waals surface area contributed by atoms with Crippen molar-refractivity contribution in [3.63, 3.8) is 0 Å². The topological polar surface area (TPSA) is 66.4 Å². The molecule has 112 valence electrons. The Morgan fingerprint density at radius 2 is 1.86 bits per heavy atom. The number of ketones is 1. The van der Waals surface area contributed by atoms with E-state index in [0.29, 0.717) is 16.8 Å². The fourth-order valence-electron chi connectivity index (χ4n) is 2.93. The fourth-order valence-corrected chi connectivity index (χ4v) is 2.93. The first-order valence-electron chi connectivity index (χ1n) is 7.15. The number of aryl methyl sites for hydroxylation is 2. The van der Waals surface area contributed by atoms with Gasteiger partial charge in [-0.3, -0.25) is 9.59 Å². The van der Waals surface area contributed by atoms with Crippen molar-refractivity contribution in [1.82, 2.24) is 0 Å². The summed E-state index contributed by atoms with van der Waals surface area (Å²) in [5.41, 5.74) is 1.60. The summed E-state index contributed by atoms with van der Waals surface area (Å²) in [6, 6.07) is 12.4. The van der Waals surface area contributed by atoms with Gasteiger partial charge in [-0.15, -0.1) is 0 Å². The molecule has 2 aromatic carbocycles. The van der Waals surface area contributed by atoms with E-state index >= 15 is 0 Å². The van der Waals surface area contributed by atoms with Crippen LogP contribution in [0.5, 0.6) is 0 Å². The van der Waals surface area contributed by atoms with Crippen LogP contribution in [0.25, 0.3) is 0 Å². The summed E-state index contributed by atoms with van der Waals surface area (Å²) >= 11 is 0. The lowest BCUT2D eigenvalue weighted by atomic mass is 9.86. The molecule has 0 aromatic heterocycles. The summed E-state index contributed by atoms with van der Waals surface area (Å²) in [5, 5.41) is 13.6. The zero-order chi connectivity index (χ0) is 15.9. The Bertz CT molecular complexity index is 767. The second-order valence-electron chi connectivity index (χ2n) is 5.78. The van der Waals surface area contributed by atoms with E-state index in [2.05, 4.69) is 5.32 Å². The van der Waals surface area contributed by atoms with Gasteiger partial charge in [0.25, 0.3) is 5.91 Å². The van der Waals surface area contributed by atoms with Crippen LogP contribution >= 0.6 is 0 Å². The highest BCUT2D eigenvalue weighted by Crippen LogP contribution is 2.41. The summed E-state index contributed by atoms with van der Waals surface area (Å²) in [4.78, 5) is 24.7. The molecule has 4 nitrogen and oxygen atoms in total. The van der Waals surface area contributed by atoms with Crippen LogP contribution in [0.1, 0.15) is 33.5 Å². The van der Waals surface area contributed by atoms with Gasteiger partial charge in [0, 0.05) is 11.1 Å². The lowest BCUT2D eigenvalue weighted by Crippen LogP contribution is -2.36. The van der Waals surface area contributed by atoms with Gasteiger partial charge in [0.2, 0.25) is 0 Å². The number of hydrogen-bond acceptors (Lipinski definition) is 3. The van der Waals surface area contributed by atoms with E-state index in [4.69, 9.17) is 0 Å². The highest BCUT2D eigenvalue weighted by atomic mass is 16.3. The molecule has 0 aliphatic carbocycles. The third kappa shape index (κ3) is 2.22. The van der Waals surface area contributed by atoms with Crippen molar-refractivity contribution in [2.24, 2.45) is 0 Å². The molecular formula is C18H17NO3. The number of amides is 1. The molecule has 0 spiro atoms. The number of Topliss-reactive ketones (excluding diaryl/α,β-unsaturated/α-hetero) is 1. The number of nitrogens with one attached hydrogen (secondary N) is 1. The molecule has 1 atom stereocenters. The maximum atomic E-state index is 12.4. The van der Waals surface area contributed by atoms with Crippen molar-refractivity contribution in [2.45, 2.75) is 25.9 Å². The second-order valence-corrected chi connectivity index (χ2v) is 5.78. The Labute approximate surface area is 128 Å². The zero-order valence-electron chi connectivity index (χ0n) is 12.5. The van der Waals surface area contributed by atoms with Crippen LogP contribution in [-0.2, 0) is 10.4 Å². The van der Waals surface area contributed by atoms with Crippen molar-refractivity contribution >= 4 is 17.4 Å². The molecule has 0 saturated heterocycles. The first kappa shape index (κ1) is 14.5. The van der Waals surface area contributed by atoms with Gasteiger partial charge in [0.15, 0.2) is 11.4 Å². The minimum Gasteiger partial charge on any atom is -0.375 e. The van der Waals surface area contributed by atoms with Crippen LogP contribution in [0.4, 0.5) is 5.69 Å². The van der Waals surface area contributed by atoms with E-state index in [1.54, 1.807) is 30.3 Å². The van der Waals surface area contributed by atoms with Crippen LogP contribution in [-0.4, -0.2) is 16.8 Å². The third-order valence-electron chi connectivity index (χ3n) is 4.05. The Morgan fingerprint density at radius 3 is 2.55 bits per heavy atom. The molecular weight excluding hydrogens is 278 g/mol. The maximum absolute atomic E-state index is 12.4. The molecule has 0 saturated carbocycles. The van der Waals surface area contributed by atoms with Crippen molar-refractivity contribution in [1.29, 1.82) is 0 Å². The lowest BCUT2D eigenvalue weighted by Gasteiger charge is -2.20. The van der Waals surface area contributed by atoms with Gasteiger partial charge in [0.1, 0.15) is 0 Å². The van der Waals surface area contributed by atoms with Crippen molar-refractivity contribution in [3.8, 4) is 0 Å². The first-order valence-corrected chi connectivity index (χ1v) is 7.15. The zero-order valence-corrected chi connectivity index (χ0v) is 12.5. The van der Waals surface area contributed by atoms with Gasteiger partial charge in [-0.05, 0) is 19.4 Å². The molecule has 22 heavy (non-hydrogen) atoms. The lowest BCUT2D eigenvalue weighted by molar-refractivity contribution is -0.133. The average Bonchev–Trinajstić information content (AvgIpc) is 2.73. The van der Waals surface area contributed by atoms with Gasteiger partial charge in [-0.1, -0.05) is 48.0 Å². The summed E-state index contributed by atoms with van der Waals surface area (Å²) in [7, 11) is 0. The molecule has 1 amide bonds. The molecule has 2 N–H and O–H groups in total. The largest absolute Gasteiger partial charge is 0.375 e. The normalized spacial score (nSPS) is 19.7.